The van der Waals surface area contributed by atoms with Crippen molar-refractivity contribution < 1.29 is 29.2 Å². The van der Waals surface area contributed by atoms with Gasteiger partial charge >= 0.3 is 5.97 Å². The van der Waals surface area contributed by atoms with E-state index in [1.807, 2.05) is 21.1 Å². The van der Waals surface area contributed by atoms with Crippen molar-refractivity contribution in [2.45, 2.75) is 19.8 Å². The van der Waals surface area contributed by atoms with Crippen LogP contribution in [-0.2, 0) is 9.59 Å². The van der Waals surface area contributed by atoms with Crippen LogP contribution in [0.2, 0.25) is 0 Å². The molecule has 1 N–H and O–H groups in total. The Hall–Kier alpha value is -1.23. The minimum absolute atomic E-state index is 0.0855. The Labute approximate surface area is 120 Å². The molecule has 114 valence electrons. The highest BCUT2D eigenvalue weighted by Gasteiger charge is 2.15. The predicted octanol–water partition coefficient (Wildman–Crippen LogP) is -0.817. The number of hydrogen-bond donors (Lipinski definition) is 1. The van der Waals surface area contributed by atoms with Gasteiger partial charge in [-0.15, -0.1) is 0 Å². The first-order valence-electron chi connectivity index (χ1n) is 6.32. The van der Waals surface area contributed by atoms with Crippen LogP contribution < -0.4 is 10.00 Å². The fourth-order valence-corrected chi connectivity index (χ4v) is 2.87. The molecule has 0 aromatic rings. The number of nitrogens with zero attached hydrogens (tertiary/aromatic N) is 1. The van der Waals surface area contributed by atoms with E-state index in [1.54, 1.807) is 6.92 Å². The Morgan fingerprint density at radius 1 is 1.25 bits per heavy atom. The van der Waals surface area contributed by atoms with Crippen molar-refractivity contribution in [2.24, 2.45) is 0 Å². The third-order valence-corrected chi connectivity index (χ3v) is 3.94. The second-order valence-corrected chi connectivity index (χ2v) is 7.09. The summed E-state index contributed by atoms with van der Waals surface area (Å²) in [6.45, 7) is 2.25. The molecule has 0 rings (SSSR count). The van der Waals surface area contributed by atoms with E-state index in [-0.39, 0.29) is 24.0 Å². The molecule has 20 heavy (non-hydrogen) atoms. The second kappa shape index (κ2) is 8.15. The van der Waals surface area contributed by atoms with Crippen molar-refractivity contribution in [3.8, 4) is 0 Å². The van der Waals surface area contributed by atoms with Gasteiger partial charge in [-0.2, -0.15) is 0 Å². The molecule has 0 radical (unpaired) electrons. The van der Waals surface area contributed by atoms with Crippen LogP contribution in [0.1, 0.15) is 19.8 Å². The molecule has 0 bridgehead atoms. The zero-order valence-electron chi connectivity index (χ0n) is 12.4. The fraction of sp³-hybridized carbons (Fsp3) is 0.615. The highest BCUT2D eigenvalue weighted by molar-refractivity contribution is 7.50. The first-order valence-corrected chi connectivity index (χ1v) is 7.84. The molecule has 6 nitrogen and oxygen atoms in total. The van der Waals surface area contributed by atoms with E-state index in [0.717, 1.165) is 0 Å². The number of carbonyl (C=O) groups is 2. The summed E-state index contributed by atoms with van der Waals surface area (Å²) in [6, 6.07) is 0. The second-order valence-electron chi connectivity index (χ2n) is 5.44. The van der Waals surface area contributed by atoms with Gasteiger partial charge in [-0.05, 0) is 12.0 Å². The number of aliphatic carboxylic acids is 2. The summed E-state index contributed by atoms with van der Waals surface area (Å²) < 4.78 is 0.660. The van der Waals surface area contributed by atoms with Crippen molar-refractivity contribution in [1.82, 2.24) is 0 Å². The van der Waals surface area contributed by atoms with Crippen LogP contribution in [0.15, 0.2) is 11.1 Å². The van der Waals surface area contributed by atoms with Crippen LogP contribution in [0.5, 0.6) is 0 Å². The summed E-state index contributed by atoms with van der Waals surface area (Å²) in [7, 11) is 4.24. The normalized spacial score (nSPS) is 13.9. The van der Waals surface area contributed by atoms with Gasteiger partial charge in [-0.1, -0.05) is 6.92 Å². The van der Waals surface area contributed by atoms with Gasteiger partial charge in [-0.3, -0.25) is 0 Å². The maximum absolute atomic E-state index is 11.8. The lowest BCUT2D eigenvalue weighted by Gasteiger charge is -2.22. The van der Waals surface area contributed by atoms with Crippen LogP contribution in [0, 0.1) is 0 Å². The maximum Gasteiger partial charge on any atom is 0.331 e. The van der Waals surface area contributed by atoms with Gasteiger partial charge < -0.3 is 24.4 Å². The first-order chi connectivity index (χ1) is 9.08. The molecule has 0 aromatic carbocycles. The minimum Gasteiger partial charge on any atom is -0.631 e. The summed E-state index contributed by atoms with van der Waals surface area (Å²) in [5.74, 6) is -1.42. The summed E-state index contributed by atoms with van der Waals surface area (Å²) in [5, 5.41) is 19.9. The van der Waals surface area contributed by atoms with E-state index in [2.05, 4.69) is 0 Å². The summed E-state index contributed by atoms with van der Waals surface area (Å²) in [5.41, 5.74) is -0.496. The lowest BCUT2D eigenvalue weighted by Crippen LogP contribution is -2.36. The average molecular weight is 303 g/mol. The summed E-state index contributed by atoms with van der Waals surface area (Å²) in [4.78, 5) is 33.7. The van der Waals surface area contributed by atoms with E-state index in [4.69, 9.17) is 5.11 Å². The van der Waals surface area contributed by atoms with Crippen LogP contribution >= 0.6 is 7.77 Å². The highest BCUT2D eigenvalue weighted by Crippen LogP contribution is 2.17. The molecule has 1 unspecified atom stereocenters. The molecule has 7 heteroatoms. The van der Waals surface area contributed by atoms with Crippen molar-refractivity contribution in [3.63, 3.8) is 0 Å². The van der Waals surface area contributed by atoms with E-state index >= 15 is 0 Å². The van der Waals surface area contributed by atoms with Crippen molar-refractivity contribution in [3.05, 3.63) is 11.1 Å². The minimum atomic E-state index is -1.66. The zero-order chi connectivity index (χ0) is 15.9. The largest absolute Gasteiger partial charge is 0.631 e. The molecule has 0 saturated carbocycles. The van der Waals surface area contributed by atoms with E-state index < -0.39 is 19.7 Å². The van der Waals surface area contributed by atoms with Crippen molar-refractivity contribution >= 4 is 25.5 Å². The number of hydrogen-bond acceptors (Lipinski definition) is 4. The Morgan fingerprint density at radius 3 is 2.15 bits per heavy atom. The maximum atomic E-state index is 11.8. The fourth-order valence-electron chi connectivity index (χ4n) is 1.51. The highest BCUT2D eigenvalue weighted by atomic mass is 31.1. The van der Waals surface area contributed by atoms with Gasteiger partial charge in [0.15, 0.2) is 6.16 Å². The number of carbonyl (C=O) groups excluding carboxylic acids is 1. The van der Waals surface area contributed by atoms with Gasteiger partial charge in [0.05, 0.1) is 40.7 Å². The number of carboxylic acid groups (broad SMARTS) is 2. The topological polar surface area (TPSA) is 100 Å². The zero-order valence-corrected chi connectivity index (χ0v) is 13.3. The van der Waals surface area contributed by atoms with Crippen molar-refractivity contribution in [2.75, 3.05) is 33.8 Å². The molecule has 0 saturated heterocycles. The predicted molar refractivity (Wildman–Crippen MR) is 75.3 cm³/mol. The Bertz CT molecular complexity index is 435. The van der Waals surface area contributed by atoms with Gasteiger partial charge in [0, 0.05) is 12.0 Å². The molecule has 0 amide bonds. The van der Waals surface area contributed by atoms with Gasteiger partial charge in [0.25, 0.3) is 0 Å². The van der Waals surface area contributed by atoms with E-state index in [1.165, 1.54) is 5.80 Å². The molecule has 0 aliphatic rings. The molecule has 0 heterocycles. The van der Waals surface area contributed by atoms with Gasteiger partial charge in [-0.25, -0.2) is 4.79 Å². The number of rotatable bonds is 8. The first kappa shape index (κ1) is 18.8. The van der Waals surface area contributed by atoms with Crippen LogP contribution in [0.4, 0.5) is 0 Å². The Balaban J connectivity index is 4.96. The average Bonchev–Trinajstić information content (AvgIpc) is 2.29. The van der Waals surface area contributed by atoms with E-state index in [0.29, 0.717) is 17.2 Å². The quantitative estimate of drug-likeness (QED) is 0.359. The molecular weight excluding hydrogens is 281 g/mol. The number of quaternary nitrogens is 1. The third-order valence-electron chi connectivity index (χ3n) is 2.71. The molecule has 0 aliphatic carbocycles. The molecule has 0 aliphatic heterocycles. The molecular formula is C13H22NO5P. The smallest absolute Gasteiger partial charge is 0.331 e. The van der Waals surface area contributed by atoms with E-state index in [9.17, 15) is 19.6 Å². The van der Waals surface area contributed by atoms with Crippen LogP contribution in [0.3, 0.4) is 0 Å². The monoisotopic (exact) mass is 303 g/mol. The van der Waals surface area contributed by atoms with Gasteiger partial charge in [0.2, 0.25) is 0 Å². The molecule has 0 fully saturated rings. The van der Waals surface area contributed by atoms with Gasteiger partial charge in [0.1, 0.15) is 6.54 Å². The summed E-state index contributed by atoms with van der Waals surface area (Å²) >= 11 is 0. The molecule has 1 atom stereocenters. The molecule has 0 aromatic heterocycles. The Kier molecular flexibility index (Phi) is 7.64. The number of carboxylic acids is 2. The lowest BCUT2D eigenvalue weighted by molar-refractivity contribution is -0.867. The standard InChI is InChI=1S/C13H22NO5P/c1-5-10(12(15)16)11(13(17)18)6-8-20(19)9-7-14(2,3)4/h8H,5-7,9H2,1-4H3,(H-,15,16,17,18)/b11-10-. The molecule has 0 spiro atoms. The third kappa shape index (κ3) is 7.38. The Morgan fingerprint density at radius 2 is 1.80 bits per heavy atom. The van der Waals surface area contributed by atoms with Crippen molar-refractivity contribution in [1.29, 1.82) is 0 Å². The van der Waals surface area contributed by atoms with Crippen LogP contribution in [-0.4, -0.2) is 61.2 Å². The SMILES string of the molecule is CC/C(C(=O)O)=C(\CC=[P+]([O-])CC[N+](C)(C)C)C(=O)[O-]. The summed E-state index contributed by atoms with van der Waals surface area (Å²) in [6.07, 6.45) is 0.375. The van der Waals surface area contributed by atoms with Crippen LogP contribution in [0.25, 0.3) is 0 Å². The lowest BCUT2D eigenvalue weighted by atomic mass is 10.0.